The summed E-state index contributed by atoms with van der Waals surface area (Å²) in [5, 5.41) is 10.7. The molecule has 0 aliphatic rings. The van der Waals surface area contributed by atoms with Gasteiger partial charge in [-0.15, -0.1) is 0 Å². The molecule has 1 aromatic carbocycles. The Hall–Kier alpha value is -2.96. The summed E-state index contributed by atoms with van der Waals surface area (Å²) in [6, 6.07) is 8.99. The number of hydrogen-bond acceptors (Lipinski definition) is 6. The molecule has 0 unspecified atom stereocenters. The van der Waals surface area contributed by atoms with Crippen molar-refractivity contribution in [3.8, 4) is 5.75 Å². The zero-order valence-corrected chi connectivity index (χ0v) is 10.3. The van der Waals surface area contributed by atoms with E-state index in [0.29, 0.717) is 5.56 Å². The summed E-state index contributed by atoms with van der Waals surface area (Å²) in [6.45, 7) is -0.0205. The second-order valence-corrected chi connectivity index (χ2v) is 3.73. The van der Waals surface area contributed by atoms with Gasteiger partial charge in [0.25, 0.3) is 0 Å². The number of carbonyl (C=O) groups excluding carboxylic acids is 1. The Bertz CT molecular complexity index is 615. The Kier molecular flexibility index (Phi) is 4.23. The van der Waals surface area contributed by atoms with Crippen LogP contribution >= 0.6 is 0 Å². The van der Waals surface area contributed by atoms with Crippen LogP contribution in [0.1, 0.15) is 5.56 Å². The summed E-state index contributed by atoms with van der Waals surface area (Å²) in [6.07, 6.45) is 2.12. The third-order valence-electron chi connectivity index (χ3n) is 2.33. The Morgan fingerprint density at radius 1 is 1.25 bits per heavy atom. The van der Waals surface area contributed by atoms with Crippen molar-refractivity contribution >= 4 is 11.8 Å². The van der Waals surface area contributed by atoms with Gasteiger partial charge >= 0.3 is 11.8 Å². The highest BCUT2D eigenvalue weighted by Gasteiger charge is 2.17. The maximum absolute atomic E-state index is 11.5. The van der Waals surface area contributed by atoms with Crippen LogP contribution in [0.4, 0.5) is 10.5 Å². The van der Waals surface area contributed by atoms with Crippen LogP contribution in [0.3, 0.4) is 0 Å². The first kappa shape index (κ1) is 13.5. The van der Waals surface area contributed by atoms with Gasteiger partial charge in [-0.05, 0) is 12.1 Å². The minimum absolute atomic E-state index is 0.0205. The van der Waals surface area contributed by atoms with Crippen molar-refractivity contribution in [1.82, 2.24) is 4.98 Å². The maximum atomic E-state index is 11.5. The molecular weight excluding hydrogens is 264 g/mol. The number of ether oxygens (including phenoxy) is 2. The summed E-state index contributed by atoms with van der Waals surface area (Å²) in [4.78, 5) is 25.4. The highest BCUT2D eigenvalue weighted by atomic mass is 16.7. The van der Waals surface area contributed by atoms with Gasteiger partial charge in [-0.2, -0.15) is 0 Å². The van der Waals surface area contributed by atoms with Gasteiger partial charge in [0.05, 0.1) is 4.92 Å². The quantitative estimate of drug-likeness (QED) is 0.368. The Labute approximate surface area is 113 Å². The summed E-state index contributed by atoms with van der Waals surface area (Å²) < 4.78 is 9.65. The molecule has 20 heavy (non-hydrogen) atoms. The lowest BCUT2D eigenvalue weighted by atomic mass is 10.3. The minimum atomic E-state index is -1.01. The van der Waals surface area contributed by atoms with Crippen LogP contribution in [0.2, 0.25) is 0 Å². The van der Waals surface area contributed by atoms with Crippen molar-refractivity contribution < 1.29 is 19.2 Å². The van der Waals surface area contributed by atoms with Gasteiger partial charge in [0.1, 0.15) is 6.61 Å². The molecule has 0 spiro atoms. The number of pyridine rings is 1. The molecule has 0 radical (unpaired) electrons. The van der Waals surface area contributed by atoms with E-state index < -0.39 is 11.1 Å². The highest BCUT2D eigenvalue weighted by molar-refractivity contribution is 5.66. The van der Waals surface area contributed by atoms with Crippen LogP contribution in [0.5, 0.6) is 5.75 Å². The first-order chi connectivity index (χ1) is 9.66. The molecule has 1 aromatic heterocycles. The molecule has 7 heteroatoms. The van der Waals surface area contributed by atoms with Crippen molar-refractivity contribution in [3.05, 3.63) is 64.5 Å². The number of nitro groups is 1. The molecule has 2 aromatic rings. The van der Waals surface area contributed by atoms with E-state index in [0.717, 1.165) is 0 Å². The first-order valence-corrected chi connectivity index (χ1v) is 5.64. The predicted molar refractivity (Wildman–Crippen MR) is 68.1 cm³/mol. The van der Waals surface area contributed by atoms with Crippen LogP contribution < -0.4 is 4.74 Å². The third kappa shape index (κ3) is 3.52. The molecule has 7 nitrogen and oxygen atoms in total. The van der Waals surface area contributed by atoms with E-state index in [1.807, 2.05) is 0 Å². The normalized spacial score (nSPS) is 9.80. The van der Waals surface area contributed by atoms with Crippen LogP contribution in [0.25, 0.3) is 0 Å². The first-order valence-electron chi connectivity index (χ1n) is 5.64. The summed E-state index contributed by atoms with van der Waals surface area (Å²) >= 11 is 0. The lowest BCUT2D eigenvalue weighted by Gasteiger charge is -2.05. The maximum Gasteiger partial charge on any atom is 0.514 e. The fourth-order valence-electron chi connectivity index (χ4n) is 1.44. The minimum Gasteiger partial charge on any atom is -0.429 e. The van der Waals surface area contributed by atoms with Crippen LogP contribution in [-0.2, 0) is 11.3 Å². The molecule has 0 aliphatic heterocycles. The van der Waals surface area contributed by atoms with Gasteiger partial charge in [0.15, 0.2) is 0 Å². The average Bonchev–Trinajstić information content (AvgIpc) is 2.46. The molecular formula is C13H10N2O5. The fraction of sp³-hybridized carbons (Fsp3) is 0.0769. The molecule has 2 rings (SSSR count). The second kappa shape index (κ2) is 6.28. The highest BCUT2D eigenvalue weighted by Crippen LogP contribution is 2.26. The van der Waals surface area contributed by atoms with Crippen LogP contribution in [-0.4, -0.2) is 16.1 Å². The molecule has 0 saturated heterocycles. The van der Waals surface area contributed by atoms with E-state index in [4.69, 9.17) is 9.47 Å². The van der Waals surface area contributed by atoms with Crippen molar-refractivity contribution in [3.63, 3.8) is 0 Å². The van der Waals surface area contributed by atoms with Crippen molar-refractivity contribution in [2.75, 3.05) is 0 Å². The van der Waals surface area contributed by atoms with E-state index in [1.165, 1.54) is 30.5 Å². The summed E-state index contributed by atoms with van der Waals surface area (Å²) in [7, 11) is 0. The largest absolute Gasteiger partial charge is 0.514 e. The number of nitro benzene ring substituents is 1. The zero-order valence-electron chi connectivity index (χ0n) is 10.3. The lowest BCUT2D eigenvalue weighted by Crippen LogP contribution is -2.11. The van der Waals surface area contributed by atoms with E-state index in [1.54, 1.807) is 18.3 Å². The van der Waals surface area contributed by atoms with Crippen LogP contribution in [0, 0.1) is 10.1 Å². The molecule has 102 valence electrons. The number of hydrogen-bond donors (Lipinski definition) is 0. The van der Waals surface area contributed by atoms with E-state index in [2.05, 4.69) is 4.98 Å². The van der Waals surface area contributed by atoms with Gasteiger partial charge in [-0.3, -0.25) is 15.1 Å². The molecule has 0 saturated carbocycles. The van der Waals surface area contributed by atoms with E-state index in [-0.39, 0.29) is 18.0 Å². The average molecular weight is 274 g/mol. The molecule has 0 bridgehead atoms. The zero-order chi connectivity index (χ0) is 14.4. The van der Waals surface area contributed by atoms with Gasteiger partial charge in [-0.25, -0.2) is 4.79 Å². The number of aromatic nitrogens is 1. The number of benzene rings is 1. The number of rotatable bonds is 4. The molecule has 0 fully saturated rings. The molecule has 0 aliphatic carbocycles. The Morgan fingerprint density at radius 2 is 2.05 bits per heavy atom. The molecule has 0 amide bonds. The monoisotopic (exact) mass is 274 g/mol. The Balaban J connectivity index is 1.97. The molecule has 0 N–H and O–H groups in total. The number of para-hydroxylation sites is 2. The standard InChI is InChI=1S/C13H10N2O5/c16-13(19-9-10-4-3-7-14-8-10)20-12-6-2-1-5-11(12)15(17)18/h1-8H,9H2. The molecule has 0 atom stereocenters. The third-order valence-corrected chi connectivity index (χ3v) is 2.33. The number of carbonyl (C=O) groups is 1. The number of nitrogens with zero attached hydrogens (tertiary/aromatic N) is 2. The SMILES string of the molecule is O=C(OCc1cccnc1)Oc1ccccc1[N+](=O)[O-]. The Morgan fingerprint density at radius 3 is 2.75 bits per heavy atom. The van der Waals surface area contributed by atoms with Crippen molar-refractivity contribution in [1.29, 1.82) is 0 Å². The van der Waals surface area contributed by atoms with Crippen molar-refractivity contribution in [2.45, 2.75) is 6.61 Å². The lowest BCUT2D eigenvalue weighted by molar-refractivity contribution is -0.385. The second-order valence-electron chi connectivity index (χ2n) is 3.73. The molecule has 1 heterocycles. The fourth-order valence-corrected chi connectivity index (χ4v) is 1.44. The van der Waals surface area contributed by atoms with E-state index >= 15 is 0 Å². The van der Waals surface area contributed by atoms with Gasteiger partial charge in [-0.1, -0.05) is 18.2 Å². The van der Waals surface area contributed by atoms with Gasteiger partial charge < -0.3 is 9.47 Å². The smallest absolute Gasteiger partial charge is 0.429 e. The van der Waals surface area contributed by atoms with Gasteiger partial charge in [0.2, 0.25) is 5.75 Å². The summed E-state index contributed by atoms with van der Waals surface area (Å²) in [5.74, 6) is -0.159. The van der Waals surface area contributed by atoms with Gasteiger partial charge in [0, 0.05) is 24.0 Å². The van der Waals surface area contributed by atoms with E-state index in [9.17, 15) is 14.9 Å². The van der Waals surface area contributed by atoms with Crippen molar-refractivity contribution in [2.24, 2.45) is 0 Å². The summed E-state index contributed by atoms with van der Waals surface area (Å²) in [5.41, 5.74) is 0.387. The van der Waals surface area contributed by atoms with Crippen LogP contribution in [0.15, 0.2) is 48.8 Å². The topological polar surface area (TPSA) is 91.6 Å². The predicted octanol–water partition coefficient (Wildman–Crippen LogP) is 2.71.